The summed E-state index contributed by atoms with van der Waals surface area (Å²) in [5.41, 5.74) is 0. The first-order chi connectivity index (χ1) is 5.74. The van der Waals surface area contributed by atoms with Gasteiger partial charge in [0.1, 0.15) is 6.29 Å². The fourth-order valence-corrected chi connectivity index (χ4v) is 1.49. The Hall–Kier alpha value is -0.330. The lowest BCUT2D eigenvalue weighted by molar-refractivity contribution is -0.110. The molecule has 0 spiro atoms. The number of carbonyl (C=O) groups excluding carboxylic acids is 1. The molecular formula is C11H22O. The lowest BCUT2D eigenvalue weighted by Gasteiger charge is -2.11. The average Bonchev–Trinajstić information content (AvgIpc) is 2.12. The number of aldehydes is 1. The summed E-state index contributed by atoms with van der Waals surface area (Å²) in [5, 5.41) is 0. The molecule has 0 saturated heterocycles. The summed E-state index contributed by atoms with van der Waals surface area (Å²) in [7, 11) is 0. The van der Waals surface area contributed by atoms with E-state index in [0.29, 0.717) is 0 Å². The molecule has 0 fully saturated rings. The Labute approximate surface area is 76.6 Å². The smallest absolute Gasteiger partial charge is 0.122 e. The molecule has 0 heterocycles. The Morgan fingerprint density at radius 1 is 1.17 bits per heavy atom. The van der Waals surface area contributed by atoms with E-state index in [9.17, 15) is 4.79 Å². The van der Waals surface area contributed by atoms with Crippen molar-refractivity contribution in [3.05, 3.63) is 0 Å². The van der Waals surface area contributed by atoms with Crippen LogP contribution in [0.2, 0.25) is 0 Å². The van der Waals surface area contributed by atoms with Crippen LogP contribution in [0, 0.1) is 11.8 Å². The van der Waals surface area contributed by atoms with Crippen LogP contribution in [0.1, 0.15) is 52.9 Å². The molecule has 1 heteroatoms. The van der Waals surface area contributed by atoms with Crippen molar-refractivity contribution >= 4 is 6.29 Å². The second kappa shape index (κ2) is 7.33. The van der Waals surface area contributed by atoms with E-state index in [1.54, 1.807) is 0 Å². The predicted octanol–water partition coefficient (Wildman–Crippen LogP) is 3.43. The van der Waals surface area contributed by atoms with Gasteiger partial charge in [-0.1, -0.05) is 46.5 Å². The molecule has 0 amide bonds. The van der Waals surface area contributed by atoms with Crippen molar-refractivity contribution in [1.82, 2.24) is 0 Å². The normalized spacial score (nSPS) is 13.3. The number of rotatable bonds is 7. The minimum atomic E-state index is 0.263. The van der Waals surface area contributed by atoms with Gasteiger partial charge < -0.3 is 4.79 Å². The Balaban J connectivity index is 3.34. The molecule has 0 N–H and O–H groups in total. The van der Waals surface area contributed by atoms with E-state index >= 15 is 0 Å². The molecule has 0 aromatic rings. The third kappa shape index (κ3) is 5.34. The maximum atomic E-state index is 10.3. The lowest BCUT2D eigenvalue weighted by atomic mass is 9.94. The molecule has 0 bridgehead atoms. The largest absolute Gasteiger partial charge is 0.303 e. The van der Waals surface area contributed by atoms with Crippen LogP contribution < -0.4 is 0 Å². The zero-order valence-electron chi connectivity index (χ0n) is 8.68. The summed E-state index contributed by atoms with van der Waals surface area (Å²) in [4.78, 5) is 10.3. The second-order valence-corrected chi connectivity index (χ2v) is 3.73. The van der Waals surface area contributed by atoms with Crippen LogP contribution in [0.25, 0.3) is 0 Å². The maximum absolute atomic E-state index is 10.3. The van der Waals surface area contributed by atoms with E-state index in [-0.39, 0.29) is 5.92 Å². The highest BCUT2D eigenvalue weighted by Crippen LogP contribution is 2.17. The van der Waals surface area contributed by atoms with Crippen LogP contribution in [-0.2, 0) is 4.79 Å². The van der Waals surface area contributed by atoms with Crippen molar-refractivity contribution in [2.24, 2.45) is 11.8 Å². The number of hydrogen-bond donors (Lipinski definition) is 0. The van der Waals surface area contributed by atoms with Crippen LogP contribution in [0.5, 0.6) is 0 Å². The van der Waals surface area contributed by atoms with Gasteiger partial charge in [-0.2, -0.15) is 0 Å². The first kappa shape index (κ1) is 11.7. The summed E-state index contributed by atoms with van der Waals surface area (Å²) in [6.07, 6.45) is 7.21. The van der Waals surface area contributed by atoms with Gasteiger partial charge in [-0.15, -0.1) is 0 Å². The Kier molecular flexibility index (Phi) is 7.12. The summed E-state index contributed by atoms with van der Waals surface area (Å²) in [6, 6.07) is 0. The van der Waals surface area contributed by atoms with Crippen LogP contribution in [0.15, 0.2) is 0 Å². The van der Waals surface area contributed by atoms with Gasteiger partial charge in [0.2, 0.25) is 0 Å². The van der Waals surface area contributed by atoms with E-state index in [2.05, 4.69) is 13.8 Å². The second-order valence-electron chi connectivity index (χ2n) is 3.73. The molecule has 12 heavy (non-hydrogen) atoms. The fourth-order valence-electron chi connectivity index (χ4n) is 1.49. The summed E-state index contributed by atoms with van der Waals surface area (Å²) in [6.45, 7) is 6.49. The molecule has 0 aromatic heterocycles. The molecule has 0 aliphatic heterocycles. The first-order valence-corrected chi connectivity index (χ1v) is 5.19. The standard InChI is InChI=1S/C11H22O/c1-4-11(5-2)8-6-7-10(3)9-12/h9-11H,4-8H2,1-3H3. The SMILES string of the molecule is CCC(CC)CCCC(C)C=O. The average molecular weight is 170 g/mol. The van der Waals surface area contributed by atoms with E-state index < -0.39 is 0 Å². The molecule has 0 radical (unpaired) electrons. The predicted molar refractivity (Wildman–Crippen MR) is 53.2 cm³/mol. The monoisotopic (exact) mass is 170 g/mol. The van der Waals surface area contributed by atoms with Crippen molar-refractivity contribution in [3.8, 4) is 0 Å². The van der Waals surface area contributed by atoms with Crippen molar-refractivity contribution in [2.45, 2.75) is 52.9 Å². The van der Waals surface area contributed by atoms with E-state index in [0.717, 1.165) is 18.6 Å². The van der Waals surface area contributed by atoms with Gasteiger partial charge in [0.25, 0.3) is 0 Å². The van der Waals surface area contributed by atoms with Crippen LogP contribution in [0.4, 0.5) is 0 Å². The molecule has 1 unspecified atom stereocenters. The van der Waals surface area contributed by atoms with Gasteiger partial charge in [0.05, 0.1) is 0 Å². The molecule has 0 saturated carbocycles. The third-order valence-corrected chi connectivity index (χ3v) is 2.66. The van der Waals surface area contributed by atoms with Gasteiger partial charge in [0, 0.05) is 5.92 Å². The Morgan fingerprint density at radius 2 is 1.75 bits per heavy atom. The third-order valence-electron chi connectivity index (χ3n) is 2.66. The molecule has 0 aromatic carbocycles. The minimum Gasteiger partial charge on any atom is -0.303 e. The fraction of sp³-hybridized carbons (Fsp3) is 0.909. The van der Waals surface area contributed by atoms with Gasteiger partial charge in [-0.05, 0) is 12.3 Å². The first-order valence-electron chi connectivity index (χ1n) is 5.19. The van der Waals surface area contributed by atoms with Gasteiger partial charge in [0.15, 0.2) is 0 Å². The minimum absolute atomic E-state index is 0.263. The molecule has 0 aliphatic carbocycles. The molecular weight excluding hydrogens is 148 g/mol. The lowest BCUT2D eigenvalue weighted by Crippen LogP contribution is -2.00. The summed E-state index contributed by atoms with van der Waals surface area (Å²) in [5.74, 6) is 1.14. The van der Waals surface area contributed by atoms with Crippen molar-refractivity contribution in [3.63, 3.8) is 0 Å². The molecule has 0 rings (SSSR count). The molecule has 1 atom stereocenters. The molecule has 1 nitrogen and oxygen atoms in total. The quantitative estimate of drug-likeness (QED) is 0.535. The van der Waals surface area contributed by atoms with Crippen molar-refractivity contribution < 1.29 is 4.79 Å². The van der Waals surface area contributed by atoms with E-state index in [1.807, 2.05) is 6.92 Å². The highest BCUT2D eigenvalue weighted by Gasteiger charge is 2.04. The zero-order chi connectivity index (χ0) is 9.40. The van der Waals surface area contributed by atoms with Crippen molar-refractivity contribution in [2.75, 3.05) is 0 Å². The van der Waals surface area contributed by atoms with E-state index in [1.165, 1.54) is 25.7 Å². The zero-order valence-corrected chi connectivity index (χ0v) is 8.68. The number of hydrogen-bond acceptors (Lipinski definition) is 1. The summed E-state index contributed by atoms with van der Waals surface area (Å²) >= 11 is 0. The highest BCUT2D eigenvalue weighted by molar-refractivity contribution is 5.52. The van der Waals surface area contributed by atoms with Crippen LogP contribution >= 0.6 is 0 Å². The van der Waals surface area contributed by atoms with Crippen LogP contribution in [-0.4, -0.2) is 6.29 Å². The molecule has 72 valence electrons. The van der Waals surface area contributed by atoms with Gasteiger partial charge in [-0.3, -0.25) is 0 Å². The Bertz CT molecular complexity index is 106. The summed E-state index contributed by atoms with van der Waals surface area (Å²) < 4.78 is 0. The van der Waals surface area contributed by atoms with Crippen LogP contribution in [0.3, 0.4) is 0 Å². The topological polar surface area (TPSA) is 17.1 Å². The number of carbonyl (C=O) groups is 1. The Morgan fingerprint density at radius 3 is 2.17 bits per heavy atom. The van der Waals surface area contributed by atoms with Gasteiger partial charge >= 0.3 is 0 Å². The van der Waals surface area contributed by atoms with Crippen molar-refractivity contribution in [1.29, 1.82) is 0 Å². The van der Waals surface area contributed by atoms with E-state index in [4.69, 9.17) is 0 Å². The van der Waals surface area contributed by atoms with Gasteiger partial charge in [-0.25, -0.2) is 0 Å². The maximum Gasteiger partial charge on any atom is 0.122 e. The highest BCUT2D eigenvalue weighted by atomic mass is 16.1. The molecule has 0 aliphatic rings.